The first-order valence-electron chi connectivity index (χ1n) is 6.11. The maximum absolute atomic E-state index is 13.6. The number of benzene rings is 1. The largest absolute Gasteiger partial charge is 0.494 e. The van der Waals surface area contributed by atoms with Crippen LogP contribution in [0.1, 0.15) is 25.3 Å². The third kappa shape index (κ3) is 3.44. The van der Waals surface area contributed by atoms with E-state index in [1.54, 1.807) is 12.1 Å². The SMILES string of the molecule is CCN(CC)CC(C#N)c1ccc(OC)c(F)c1. The minimum absolute atomic E-state index is 0.207. The third-order valence-electron chi connectivity index (χ3n) is 3.07. The van der Waals surface area contributed by atoms with E-state index in [0.717, 1.165) is 13.1 Å². The van der Waals surface area contributed by atoms with Crippen LogP contribution in [0, 0.1) is 17.1 Å². The summed E-state index contributed by atoms with van der Waals surface area (Å²) in [6, 6.07) is 6.93. The Kier molecular flexibility index (Phi) is 5.60. The Morgan fingerprint density at radius 1 is 1.39 bits per heavy atom. The lowest BCUT2D eigenvalue weighted by molar-refractivity contribution is 0.297. The summed E-state index contributed by atoms with van der Waals surface area (Å²) in [4.78, 5) is 2.15. The lowest BCUT2D eigenvalue weighted by Gasteiger charge is -2.21. The van der Waals surface area contributed by atoms with Crippen molar-refractivity contribution in [3.8, 4) is 11.8 Å². The van der Waals surface area contributed by atoms with E-state index in [-0.39, 0.29) is 11.7 Å². The van der Waals surface area contributed by atoms with Gasteiger partial charge in [-0.05, 0) is 30.8 Å². The summed E-state index contributed by atoms with van der Waals surface area (Å²) >= 11 is 0. The number of likely N-dealkylation sites (N-methyl/N-ethyl adjacent to an activating group) is 1. The lowest BCUT2D eigenvalue weighted by atomic mass is 9.99. The first-order valence-corrected chi connectivity index (χ1v) is 6.11. The molecule has 0 saturated heterocycles. The number of rotatable bonds is 6. The molecule has 0 N–H and O–H groups in total. The van der Waals surface area contributed by atoms with Crippen LogP contribution in [0.15, 0.2) is 18.2 Å². The quantitative estimate of drug-likeness (QED) is 0.779. The van der Waals surface area contributed by atoms with Crippen molar-refractivity contribution >= 4 is 0 Å². The summed E-state index contributed by atoms with van der Waals surface area (Å²) in [7, 11) is 1.43. The van der Waals surface area contributed by atoms with Gasteiger partial charge in [-0.25, -0.2) is 4.39 Å². The van der Waals surface area contributed by atoms with Gasteiger partial charge in [-0.3, -0.25) is 0 Å². The van der Waals surface area contributed by atoms with E-state index < -0.39 is 5.82 Å². The lowest BCUT2D eigenvalue weighted by Crippen LogP contribution is -2.27. The molecule has 0 aliphatic heterocycles. The molecule has 0 aromatic heterocycles. The Morgan fingerprint density at radius 3 is 2.50 bits per heavy atom. The number of methoxy groups -OCH3 is 1. The van der Waals surface area contributed by atoms with Gasteiger partial charge in [-0.15, -0.1) is 0 Å². The summed E-state index contributed by atoms with van der Waals surface area (Å²) in [5.41, 5.74) is 0.697. The average molecular weight is 250 g/mol. The minimum atomic E-state index is -0.421. The second-order valence-electron chi connectivity index (χ2n) is 4.06. The van der Waals surface area contributed by atoms with E-state index in [1.807, 2.05) is 13.8 Å². The zero-order chi connectivity index (χ0) is 13.5. The van der Waals surface area contributed by atoms with E-state index in [4.69, 9.17) is 4.74 Å². The molecular formula is C14H19FN2O. The highest BCUT2D eigenvalue weighted by Gasteiger charge is 2.16. The van der Waals surface area contributed by atoms with Gasteiger partial charge in [0.1, 0.15) is 0 Å². The smallest absolute Gasteiger partial charge is 0.165 e. The van der Waals surface area contributed by atoms with Crippen molar-refractivity contribution in [1.82, 2.24) is 4.90 Å². The summed E-state index contributed by atoms with van der Waals surface area (Å²) in [5, 5.41) is 9.21. The summed E-state index contributed by atoms with van der Waals surface area (Å²) < 4.78 is 18.5. The molecule has 18 heavy (non-hydrogen) atoms. The molecule has 0 aliphatic rings. The van der Waals surface area contributed by atoms with Crippen molar-refractivity contribution in [1.29, 1.82) is 5.26 Å². The Labute approximate surface area is 108 Å². The van der Waals surface area contributed by atoms with Crippen LogP contribution < -0.4 is 4.74 Å². The van der Waals surface area contributed by atoms with Crippen LogP contribution in [0.2, 0.25) is 0 Å². The van der Waals surface area contributed by atoms with E-state index in [2.05, 4.69) is 11.0 Å². The average Bonchev–Trinajstić information content (AvgIpc) is 2.40. The topological polar surface area (TPSA) is 36.3 Å². The highest BCUT2D eigenvalue weighted by Crippen LogP contribution is 2.23. The van der Waals surface area contributed by atoms with Gasteiger partial charge in [-0.1, -0.05) is 19.9 Å². The summed E-state index contributed by atoms with van der Waals surface area (Å²) in [5.74, 6) is -0.529. The van der Waals surface area contributed by atoms with Gasteiger partial charge in [0.25, 0.3) is 0 Å². The molecule has 1 rings (SSSR count). The summed E-state index contributed by atoms with van der Waals surface area (Å²) in [6.45, 7) is 6.48. The Balaban J connectivity index is 2.89. The molecule has 4 heteroatoms. The van der Waals surface area contributed by atoms with E-state index in [9.17, 15) is 9.65 Å². The van der Waals surface area contributed by atoms with Crippen molar-refractivity contribution in [2.75, 3.05) is 26.7 Å². The zero-order valence-corrected chi connectivity index (χ0v) is 11.1. The van der Waals surface area contributed by atoms with Gasteiger partial charge in [0.05, 0.1) is 19.1 Å². The highest BCUT2D eigenvalue weighted by molar-refractivity contribution is 5.33. The number of halogens is 1. The van der Waals surface area contributed by atoms with Gasteiger partial charge in [0.15, 0.2) is 11.6 Å². The second-order valence-corrected chi connectivity index (χ2v) is 4.06. The highest BCUT2D eigenvalue weighted by atomic mass is 19.1. The first kappa shape index (κ1) is 14.5. The van der Waals surface area contributed by atoms with Crippen LogP contribution in [0.25, 0.3) is 0 Å². The normalized spacial score (nSPS) is 12.2. The molecule has 98 valence electrons. The Morgan fingerprint density at radius 2 is 2.06 bits per heavy atom. The van der Waals surface area contributed by atoms with E-state index >= 15 is 0 Å². The zero-order valence-electron chi connectivity index (χ0n) is 11.1. The number of hydrogen-bond acceptors (Lipinski definition) is 3. The molecule has 1 aromatic rings. The number of nitrogens with zero attached hydrogens (tertiary/aromatic N) is 2. The molecule has 0 spiro atoms. The number of nitriles is 1. The van der Waals surface area contributed by atoms with Crippen molar-refractivity contribution in [2.45, 2.75) is 19.8 Å². The number of ether oxygens (including phenoxy) is 1. The van der Waals surface area contributed by atoms with Crippen LogP contribution in [-0.2, 0) is 0 Å². The third-order valence-corrected chi connectivity index (χ3v) is 3.07. The monoisotopic (exact) mass is 250 g/mol. The molecular weight excluding hydrogens is 231 g/mol. The molecule has 0 heterocycles. The molecule has 1 aromatic carbocycles. The predicted octanol–water partition coefficient (Wildman–Crippen LogP) is 2.78. The van der Waals surface area contributed by atoms with Crippen molar-refractivity contribution < 1.29 is 9.13 Å². The molecule has 0 aliphatic carbocycles. The van der Waals surface area contributed by atoms with Crippen molar-refractivity contribution in [3.63, 3.8) is 0 Å². The Bertz CT molecular complexity index is 424. The van der Waals surface area contributed by atoms with Gasteiger partial charge in [-0.2, -0.15) is 5.26 Å². The van der Waals surface area contributed by atoms with E-state index in [1.165, 1.54) is 13.2 Å². The van der Waals surface area contributed by atoms with Crippen LogP contribution in [0.5, 0.6) is 5.75 Å². The molecule has 1 unspecified atom stereocenters. The molecule has 0 bridgehead atoms. The predicted molar refractivity (Wildman–Crippen MR) is 69.1 cm³/mol. The van der Waals surface area contributed by atoms with Crippen LogP contribution in [0.4, 0.5) is 4.39 Å². The maximum atomic E-state index is 13.6. The van der Waals surface area contributed by atoms with Crippen molar-refractivity contribution in [3.05, 3.63) is 29.6 Å². The second kappa shape index (κ2) is 6.97. The fraction of sp³-hybridized carbons (Fsp3) is 0.500. The molecule has 1 atom stereocenters. The van der Waals surface area contributed by atoms with E-state index in [0.29, 0.717) is 12.1 Å². The standard InChI is InChI=1S/C14H19FN2O/c1-4-17(5-2)10-12(9-16)11-6-7-14(18-3)13(15)8-11/h6-8,12H,4-5,10H2,1-3H3. The van der Waals surface area contributed by atoms with Gasteiger partial charge < -0.3 is 9.64 Å². The molecule has 0 radical (unpaired) electrons. The van der Waals surface area contributed by atoms with Crippen LogP contribution >= 0.6 is 0 Å². The first-order chi connectivity index (χ1) is 8.65. The van der Waals surface area contributed by atoms with Gasteiger partial charge in [0.2, 0.25) is 0 Å². The number of hydrogen-bond donors (Lipinski definition) is 0. The fourth-order valence-electron chi connectivity index (χ4n) is 1.86. The summed E-state index contributed by atoms with van der Waals surface area (Å²) in [6.07, 6.45) is 0. The molecule has 0 amide bonds. The minimum Gasteiger partial charge on any atom is -0.494 e. The van der Waals surface area contributed by atoms with Gasteiger partial charge in [0, 0.05) is 6.54 Å². The Hall–Kier alpha value is -1.60. The molecule has 0 fully saturated rings. The molecule has 0 saturated carbocycles. The maximum Gasteiger partial charge on any atom is 0.165 e. The van der Waals surface area contributed by atoms with Gasteiger partial charge >= 0.3 is 0 Å². The van der Waals surface area contributed by atoms with Crippen LogP contribution in [0.3, 0.4) is 0 Å². The van der Waals surface area contributed by atoms with Crippen molar-refractivity contribution in [2.24, 2.45) is 0 Å². The van der Waals surface area contributed by atoms with Crippen LogP contribution in [-0.4, -0.2) is 31.6 Å². The molecule has 3 nitrogen and oxygen atoms in total. The fourth-order valence-corrected chi connectivity index (χ4v) is 1.86.